The van der Waals surface area contributed by atoms with Crippen molar-refractivity contribution in [1.82, 2.24) is 9.97 Å². The normalized spacial score (nSPS) is 17.0. The molecule has 1 N–H and O–H groups in total. The Hall–Kier alpha value is -1.65. The van der Waals surface area contributed by atoms with Gasteiger partial charge < -0.3 is 10.1 Å². The molecule has 5 nitrogen and oxygen atoms in total. The number of aromatic nitrogens is 2. The van der Waals surface area contributed by atoms with E-state index < -0.39 is 5.97 Å². The average molecular weight is 291 g/mol. The van der Waals surface area contributed by atoms with Crippen LogP contribution in [-0.2, 0) is 4.74 Å². The van der Waals surface area contributed by atoms with E-state index in [2.05, 4.69) is 33.9 Å². The molecule has 0 unspecified atom stereocenters. The number of anilines is 1. The van der Waals surface area contributed by atoms with Gasteiger partial charge in [0, 0.05) is 6.54 Å². The molecule has 0 bridgehead atoms. The summed E-state index contributed by atoms with van der Waals surface area (Å²) >= 11 is 0. The molecule has 1 fully saturated rings. The molecule has 0 aliphatic heterocycles. The first kappa shape index (κ1) is 15.7. The topological polar surface area (TPSA) is 64.1 Å². The van der Waals surface area contributed by atoms with Crippen LogP contribution in [0.4, 0.5) is 5.82 Å². The van der Waals surface area contributed by atoms with Crippen molar-refractivity contribution in [3.05, 3.63) is 18.1 Å². The van der Waals surface area contributed by atoms with E-state index >= 15 is 0 Å². The number of nitrogens with one attached hydrogen (secondary N) is 1. The van der Waals surface area contributed by atoms with E-state index in [4.69, 9.17) is 0 Å². The number of nitrogens with zero attached hydrogens (tertiary/aromatic N) is 2. The fourth-order valence-corrected chi connectivity index (χ4v) is 3.38. The third-order valence-electron chi connectivity index (χ3n) is 4.18. The fraction of sp³-hybridized carbons (Fsp3) is 0.688. The van der Waals surface area contributed by atoms with Crippen LogP contribution >= 0.6 is 0 Å². The first-order valence-corrected chi connectivity index (χ1v) is 7.69. The van der Waals surface area contributed by atoms with Crippen molar-refractivity contribution in [3.63, 3.8) is 0 Å². The molecule has 1 aromatic heterocycles. The summed E-state index contributed by atoms with van der Waals surface area (Å²) in [5.74, 6) is 0.884. The van der Waals surface area contributed by atoms with Crippen molar-refractivity contribution in [1.29, 1.82) is 0 Å². The van der Waals surface area contributed by atoms with Gasteiger partial charge in [-0.05, 0) is 30.6 Å². The van der Waals surface area contributed by atoms with Crippen molar-refractivity contribution >= 4 is 11.8 Å². The third-order valence-corrected chi connectivity index (χ3v) is 4.18. The summed E-state index contributed by atoms with van der Waals surface area (Å²) in [6.07, 6.45) is 9.46. The minimum absolute atomic E-state index is 0.242. The number of methoxy groups -OCH3 is 1. The zero-order valence-corrected chi connectivity index (χ0v) is 13.2. The lowest BCUT2D eigenvalue weighted by Crippen LogP contribution is -2.29. The van der Waals surface area contributed by atoms with Gasteiger partial charge in [0.05, 0.1) is 19.5 Å². The summed E-state index contributed by atoms with van der Waals surface area (Å²) in [7, 11) is 1.35. The summed E-state index contributed by atoms with van der Waals surface area (Å²) in [4.78, 5) is 19.8. The summed E-state index contributed by atoms with van der Waals surface area (Å²) in [5.41, 5.74) is 0.601. The number of rotatable bonds is 6. The van der Waals surface area contributed by atoms with Gasteiger partial charge in [0.2, 0.25) is 0 Å². The molecule has 0 spiro atoms. The number of ether oxygens (including phenoxy) is 1. The lowest BCUT2D eigenvalue weighted by atomic mass is 9.78. The molecule has 0 radical (unpaired) electrons. The number of carbonyl (C=O) groups is 1. The van der Waals surface area contributed by atoms with E-state index in [0.717, 1.165) is 6.54 Å². The largest absolute Gasteiger partial charge is 0.464 e. The summed E-state index contributed by atoms with van der Waals surface area (Å²) < 4.78 is 4.67. The minimum Gasteiger partial charge on any atom is -0.464 e. The molecular weight excluding hydrogens is 266 g/mol. The number of esters is 1. The van der Waals surface area contributed by atoms with Gasteiger partial charge in [-0.1, -0.05) is 26.7 Å². The molecule has 1 aromatic rings. The molecule has 0 saturated heterocycles. The highest BCUT2D eigenvalue weighted by Gasteiger charge is 2.34. The summed E-state index contributed by atoms with van der Waals surface area (Å²) in [6.45, 7) is 5.44. The van der Waals surface area contributed by atoms with Crippen molar-refractivity contribution in [3.8, 4) is 0 Å². The van der Waals surface area contributed by atoms with Crippen LogP contribution in [0, 0.1) is 11.3 Å². The van der Waals surface area contributed by atoms with Gasteiger partial charge >= 0.3 is 5.97 Å². The Labute approximate surface area is 126 Å². The predicted molar refractivity (Wildman–Crippen MR) is 82.2 cm³/mol. The van der Waals surface area contributed by atoms with Crippen LogP contribution in [0.2, 0.25) is 0 Å². The maximum atomic E-state index is 11.5. The molecule has 0 atom stereocenters. The van der Waals surface area contributed by atoms with Crippen LogP contribution in [0.1, 0.15) is 56.4 Å². The van der Waals surface area contributed by atoms with Crippen LogP contribution in [0.3, 0.4) is 0 Å². The second kappa shape index (κ2) is 6.87. The lowest BCUT2D eigenvalue weighted by Gasteiger charge is -2.31. The zero-order chi connectivity index (χ0) is 15.3. The quantitative estimate of drug-likeness (QED) is 0.815. The Morgan fingerprint density at radius 3 is 2.71 bits per heavy atom. The summed E-state index contributed by atoms with van der Waals surface area (Å²) in [6, 6.07) is 0. The van der Waals surface area contributed by atoms with Gasteiger partial charge in [-0.15, -0.1) is 0 Å². The van der Waals surface area contributed by atoms with Crippen LogP contribution in [0.25, 0.3) is 0 Å². The maximum absolute atomic E-state index is 11.5. The molecule has 5 heteroatoms. The van der Waals surface area contributed by atoms with Crippen molar-refractivity contribution in [2.24, 2.45) is 11.3 Å². The van der Waals surface area contributed by atoms with Crippen LogP contribution in [0.15, 0.2) is 12.4 Å². The first-order valence-electron chi connectivity index (χ1n) is 7.69. The predicted octanol–water partition coefficient (Wildman–Crippen LogP) is 3.28. The monoisotopic (exact) mass is 291 g/mol. The van der Waals surface area contributed by atoms with Gasteiger partial charge in [0.1, 0.15) is 5.82 Å². The molecule has 116 valence electrons. The maximum Gasteiger partial charge on any atom is 0.358 e. The van der Waals surface area contributed by atoms with Crippen molar-refractivity contribution in [2.45, 2.75) is 46.0 Å². The molecular formula is C16H25N3O2. The fourth-order valence-electron chi connectivity index (χ4n) is 3.38. The van der Waals surface area contributed by atoms with E-state index in [-0.39, 0.29) is 5.69 Å². The van der Waals surface area contributed by atoms with Gasteiger partial charge in [0.25, 0.3) is 0 Å². The number of hydrogen-bond donors (Lipinski definition) is 1. The zero-order valence-electron chi connectivity index (χ0n) is 13.2. The Bertz CT molecular complexity index is 482. The lowest BCUT2D eigenvalue weighted by molar-refractivity contribution is 0.0593. The van der Waals surface area contributed by atoms with Gasteiger partial charge in [-0.25, -0.2) is 9.78 Å². The smallest absolute Gasteiger partial charge is 0.358 e. The van der Waals surface area contributed by atoms with Crippen molar-refractivity contribution in [2.75, 3.05) is 19.0 Å². The molecule has 1 aliphatic rings. The highest BCUT2D eigenvalue weighted by atomic mass is 16.5. The highest BCUT2D eigenvalue weighted by molar-refractivity contribution is 5.87. The highest BCUT2D eigenvalue weighted by Crippen LogP contribution is 2.43. The second-order valence-electron chi connectivity index (χ2n) is 6.44. The van der Waals surface area contributed by atoms with Crippen LogP contribution < -0.4 is 5.32 Å². The molecule has 1 heterocycles. The molecule has 21 heavy (non-hydrogen) atoms. The van der Waals surface area contributed by atoms with Gasteiger partial charge in [-0.2, -0.15) is 0 Å². The molecule has 0 amide bonds. The van der Waals surface area contributed by atoms with Crippen molar-refractivity contribution < 1.29 is 9.53 Å². The SMILES string of the molecule is COC(=O)c1cncc(NCC2(CC(C)C)CCCC2)n1. The van der Waals surface area contributed by atoms with E-state index in [1.165, 1.54) is 45.4 Å². The Kier molecular flexibility index (Phi) is 5.15. The number of hydrogen-bond acceptors (Lipinski definition) is 5. The summed E-state index contributed by atoms with van der Waals surface area (Å²) in [5, 5.41) is 3.37. The molecule has 0 aromatic carbocycles. The van der Waals surface area contributed by atoms with Crippen LogP contribution in [-0.4, -0.2) is 29.6 Å². The first-order chi connectivity index (χ1) is 10.0. The van der Waals surface area contributed by atoms with E-state index in [0.29, 0.717) is 17.2 Å². The Balaban J connectivity index is 2.02. The van der Waals surface area contributed by atoms with Crippen LogP contribution in [0.5, 0.6) is 0 Å². The molecule has 2 rings (SSSR count). The Morgan fingerprint density at radius 1 is 1.38 bits per heavy atom. The third kappa shape index (κ3) is 4.16. The minimum atomic E-state index is -0.455. The average Bonchev–Trinajstić information content (AvgIpc) is 2.92. The standard InChI is InChI=1S/C16H25N3O2/c1-12(2)8-16(6-4-5-7-16)11-18-14-10-17-9-13(19-14)15(20)21-3/h9-10,12H,4-8,11H2,1-3H3,(H,18,19). The van der Waals surface area contributed by atoms with E-state index in [1.807, 2.05) is 0 Å². The number of carbonyl (C=O) groups excluding carboxylic acids is 1. The molecule has 1 saturated carbocycles. The Morgan fingerprint density at radius 2 is 2.10 bits per heavy atom. The van der Waals surface area contributed by atoms with E-state index in [9.17, 15) is 4.79 Å². The second-order valence-corrected chi connectivity index (χ2v) is 6.44. The van der Waals surface area contributed by atoms with Gasteiger partial charge in [-0.3, -0.25) is 4.98 Å². The van der Waals surface area contributed by atoms with E-state index in [1.54, 1.807) is 6.20 Å². The molecule has 1 aliphatic carbocycles. The van der Waals surface area contributed by atoms with Gasteiger partial charge in [0.15, 0.2) is 5.69 Å².